The Hall–Kier alpha value is -2.89. The lowest BCUT2D eigenvalue weighted by Gasteiger charge is -2.29. The Morgan fingerprint density at radius 1 is 1.00 bits per heavy atom. The molecule has 0 aromatic heterocycles. The Morgan fingerprint density at radius 3 is 2.50 bits per heavy atom. The molecule has 1 heterocycles. The van der Waals surface area contributed by atoms with Crippen LogP contribution in [0.3, 0.4) is 0 Å². The van der Waals surface area contributed by atoms with E-state index in [-0.39, 0.29) is 5.91 Å². The maximum Gasteiger partial charge on any atom is 0.238 e. The van der Waals surface area contributed by atoms with E-state index in [9.17, 15) is 4.79 Å². The van der Waals surface area contributed by atoms with Crippen molar-refractivity contribution in [1.29, 1.82) is 0 Å². The molecular weight excluding hydrogens is 374 g/mol. The summed E-state index contributed by atoms with van der Waals surface area (Å²) >= 11 is 0. The van der Waals surface area contributed by atoms with Crippen LogP contribution in [0.2, 0.25) is 0 Å². The molecule has 1 saturated heterocycles. The number of nitrogens with one attached hydrogen (secondary N) is 1. The second kappa shape index (κ2) is 9.74. The van der Waals surface area contributed by atoms with Crippen molar-refractivity contribution in [1.82, 2.24) is 4.90 Å². The number of amides is 1. The molecule has 5 nitrogen and oxygen atoms in total. The molecule has 1 aliphatic heterocycles. The van der Waals surface area contributed by atoms with Crippen LogP contribution in [0, 0.1) is 0 Å². The van der Waals surface area contributed by atoms with Crippen LogP contribution < -0.4 is 10.2 Å². The second-order valence-electron chi connectivity index (χ2n) is 7.64. The Morgan fingerprint density at radius 2 is 1.73 bits per heavy atom. The minimum absolute atomic E-state index is 0.0104. The smallest absolute Gasteiger partial charge is 0.238 e. The Balaban J connectivity index is 1.36. The first-order valence-electron chi connectivity index (χ1n) is 10.6. The van der Waals surface area contributed by atoms with E-state index < -0.39 is 0 Å². The van der Waals surface area contributed by atoms with Gasteiger partial charge in [0.25, 0.3) is 0 Å². The number of nitrogens with zero attached hydrogens (tertiary/aromatic N) is 2. The molecule has 0 atom stereocenters. The summed E-state index contributed by atoms with van der Waals surface area (Å²) in [6.07, 6.45) is 0. The minimum atomic E-state index is 0.0104. The van der Waals surface area contributed by atoms with Crippen molar-refractivity contribution in [3.63, 3.8) is 0 Å². The zero-order valence-electron chi connectivity index (χ0n) is 17.5. The van der Waals surface area contributed by atoms with Crippen molar-refractivity contribution in [2.75, 3.05) is 49.6 Å². The van der Waals surface area contributed by atoms with Gasteiger partial charge in [0, 0.05) is 31.0 Å². The summed E-state index contributed by atoms with van der Waals surface area (Å²) in [5.74, 6) is 0.0104. The topological polar surface area (TPSA) is 44.8 Å². The molecule has 5 heteroatoms. The van der Waals surface area contributed by atoms with Gasteiger partial charge in [-0.2, -0.15) is 0 Å². The van der Waals surface area contributed by atoms with Gasteiger partial charge in [-0.15, -0.1) is 0 Å². The van der Waals surface area contributed by atoms with E-state index >= 15 is 0 Å². The molecule has 0 bridgehead atoms. The van der Waals surface area contributed by atoms with Crippen LogP contribution in [0.4, 0.5) is 11.4 Å². The number of morpholine rings is 1. The van der Waals surface area contributed by atoms with Gasteiger partial charge in [0.1, 0.15) is 0 Å². The number of anilines is 2. The fourth-order valence-corrected chi connectivity index (χ4v) is 3.93. The Labute approximate surface area is 178 Å². The summed E-state index contributed by atoms with van der Waals surface area (Å²) in [6, 6.07) is 22.8. The monoisotopic (exact) mass is 403 g/mol. The van der Waals surface area contributed by atoms with E-state index in [4.69, 9.17) is 4.74 Å². The molecule has 1 aliphatic rings. The van der Waals surface area contributed by atoms with Gasteiger partial charge in [0.2, 0.25) is 5.91 Å². The second-order valence-corrected chi connectivity index (χ2v) is 7.64. The fraction of sp³-hybridized carbons (Fsp3) is 0.320. The number of hydrogen-bond acceptors (Lipinski definition) is 4. The Bertz CT molecular complexity index is 976. The SMILES string of the molecule is CCN(CC(=O)Nc1ccc(N2CCOCC2)cc1)Cc1cccc2ccccc12. The van der Waals surface area contributed by atoms with E-state index in [0.717, 1.165) is 45.1 Å². The van der Waals surface area contributed by atoms with E-state index in [1.165, 1.54) is 22.0 Å². The number of carbonyl (C=O) groups is 1. The average molecular weight is 404 g/mol. The molecule has 1 amide bonds. The van der Waals surface area contributed by atoms with Gasteiger partial charge in [-0.05, 0) is 47.1 Å². The molecule has 0 aliphatic carbocycles. The van der Waals surface area contributed by atoms with Gasteiger partial charge in [0.15, 0.2) is 0 Å². The number of benzene rings is 3. The van der Waals surface area contributed by atoms with Crippen molar-refractivity contribution in [2.45, 2.75) is 13.5 Å². The maximum absolute atomic E-state index is 12.6. The third-order valence-corrected chi connectivity index (χ3v) is 5.62. The predicted octanol–water partition coefficient (Wildman–Crippen LogP) is 4.14. The lowest BCUT2D eigenvalue weighted by Crippen LogP contribution is -2.36. The molecule has 0 radical (unpaired) electrons. The van der Waals surface area contributed by atoms with Crippen molar-refractivity contribution >= 4 is 28.1 Å². The maximum atomic E-state index is 12.6. The zero-order valence-corrected chi connectivity index (χ0v) is 17.5. The fourth-order valence-electron chi connectivity index (χ4n) is 3.93. The number of likely N-dealkylation sites (N-methyl/N-ethyl adjacent to an activating group) is 1. The van der Waals surface area contributed by atoms with E-state index in [1.54, 1.807) is 0 Å². The molecule has 156 valence electrons. The van der Waals surface area contributed by atoms with Crippen molar-refractivity contribution in [2.24, 2.45) is 0 Å². The van der Waals surface area contributed by atoms with Crippen LogP contribution in [0.15, 0.2) is 66.7 Å². The standard InChI is InChI=1S/C25H29N3O2/c1-2-27(18-21-8-5-7-20-6-3-4-9-24(20)21)19-25(29)26-22-10-12-23(13-11-22)28-14-16-30-17-15-28/h3-13H,2,14-19H2,1H3,(H,26,29). The molecule has 3 aromatic carbocycles. The van der Waals surface area contributed by atoms with Crippen LogP contribution in [0.5, 0.6) is 0 Å². The summed E-state index contributed by atoms with van der Waals surface area (Å²) in [6.45, 7) is 7.37. The first-order chi connectivity index (χ1) is 14.7. The van der Waals surface area contributed by atoms with Crippen molar-refractivity contribution in [3.05, 3.63) is 72.3 Å². The summed E-state index contributed by atoms with van der Waals surface area (Å²) < 4.78 is 5.41. The molecule has 30 heavy (non-hydrogen) atoms. The first-order valence-corrected chi connectivity index (χ1v) is 10.6. The van der Waals surface area contributed by atoms with E-state index in [0.29, 0.717) is 6.54 Å². The molecule has 1 fully saturated rings. The van der Waals surface area contributed by atoms with Gasteiger partial charge in [-0.25, -0.2) is 0 Å². The lowest BCUT2D eigenvalue weighted by atomic mass is 10.0. The van der Waals surface area contributed by atoms with E-state index in [1.807, 2.05) is 12.1 Å². The molecule has 0 spiro atoms. The van der Waals surface area contributed by atoms with Crippen LogP contribution in [-0.4, -0.2) is 50.2 Å². The van der Waals surface area contributed by atoms with Crippen molar-refractivity contribution < 1.29 is 9.53 Å². The number of hydrogen-bond donors (Lipinski definition) is 1. The van der Waals surface area contributed by atoms with Gasteiger partial charge in [-0.3, -0.25) is 9.69 Å². The normalized spacial score (nSPS) is 14.3. The lowest BCUT2D eigenvalue weighted by molar-refractivity contribution is -0.117. The average Bonchev–Trinajstić information content (AvgIpc) is 2.80. The summed E-state index contributed by atoms with van der Waals surface area (Å²) in [7, 11) is 0. The quantitative estimate of drug-likeness (QED) is 0.644. The van der Waals surface area contributed by atoms with Gasteiger partial charge >= 0.3 is 0 Å². The van der Waals surface area contributed by atoms with Crippen LogP contribution in [-0.2, 0) is 16.1 Å². The highest BCUT2D eigenvalue weighted by Gasteiger charge is 2.13. The van der Waals surface area contributed by atoms with Gasteiger partial charge in [0.05, 0.1) is 19.8 Å². The number of carbonyl (C=O) groups excluding carboxylic acids is 1. The number of fused-ring (bicyclic) bond motifs is 1. The number of rotatable bonds is 7. The Kier molecular flexibility index (Phi) is 6.62. The summed E-state index contributed by atoms with van der Waals surface area (Å²) in [5.41, 5.74) is 3.25. The summed E-state index contributed by atoms with van der Waals surface area (Å²) in [4.78, 5) is 17.1. The van der Waals surface area contributed by atoms with Crippen molar-refractivity contribution in [3.8, 4) is 0 Å². The highest BCUT2D eigenvalue weighted by Crippen LogP contribution is 2.21. The molecule has 0 unspecified atom stereocenters. The molecular formula is C25H29N3O2. The van der Waals surface area contributed by atoms with Gasteiger partial charge < -0.3 is 15.0 Å². The zero-order chi connectivity index (χ0) is 20.8. The molecule has 0 saturated carbocycles. The van der Waals surface area contributed by atoms with Crippen LogP contribution in [0.25, 0.3) is 10.8 Å². The third kappa shape index (κ3) is 4.99. The van der Waals surface area contributed by atoms with Gasteiger partial charge in [-0.1, -0.05) is 49.4 Å². The van der Waals surface area contributed by atoms with E-state index in [2.05, 4.69) is 76.6 Å². The summed E-state index contributed by atoms with van der Waals surface area (Å²) in [5, 5.41) is 5.52. The molecule has 1 N–H and O–H groups in total. The highest BCUT2D eigenvalue weighted by molar-refractivity contribution is 5.92. The highest BCUT2D eigenvalue weighted by atomic mass is 16.5. The van der Waals surface area contributed by atoms with Crippen LogP contribution in [0.1, 0.15) is 12.5 Å². The van der Waals surface area contributed by atoms with Crippen LogP contribution >= 0.6 is 0 Å². The number of ether oxygens (including phenoxy) is 1. The molecule has 4 rings (SSSR count). The predicted molar refractivity (Wildman–Crippen MR) is 123 cm³/mol. The molecule has 3 aromatic rings. The first kappa shape index (κ1) is 20.4. The minimum Gasteiger partial charge on any atom is -0.378 e. The third-order valence-electron chi connectivity index (χ3n) is 5.62. The largest absolute Gasteiger partial charge is 0.378 e.